The van der Waals surface area contributed by atoms with Crippen molar-refractivity contribution in [2.24, 2.45) is 21.1 Å². The molecule has 0 aromatic rings. The van der Waals surface area contributed by atoms with Gasteiger partial charge in [-0.3, -0.25) is 5.41 Å². The zero-order chi connectivity index (χ0) is 10.1. The number of nitrogens with one attached hydrogen (secondary N) is 2. The van der Waals surface area contributed by atoms with Gasteiger partial charge >= 0.3 is 0 Å². The van der Waals surface area contributed by atoms with Crippen LogP contribution in [-0.2, 0) is 0 Å². The molecular formula is C7H14N6. The first-order valence-corrected chi connectivity index (χ1v) is 4.00. The number of hydrogen-bond donors (Lipinski definition) is 3. The maximum atomic E-state index is 7.33. The number of nitrogens with zero attached hydrogens (tertiary/aromatic N) is 3. The van der Waals surface area contributed by atoms with E-state index in [2.05, 4.69) is 20.8 Å². The van der Waals surface area contributed by atoms with Gasteiger partial charge < -0.3 is 11.2 Å². The SMILES string of the molecule is CC(C)(C)N/N=C1\C(=N)N=NC1N. The van der Waals surface area contributed by atoms with E-state index < -0.39 is 6.17 Å². The van der Waals surface area contributed by atoms with Crippen LogP contribution in [0.4, 0.5) is 0 Å². The minimum atomic E-state index is -0.595. The topological polar surface area (TPSA) is 99.0 Å². The van der Waals surface area contributed by atoms with E-state index in [4.69, 9.17) is 11.1 Å². The average molecular weight is 182 g/mol. The van der Waals surface area contributed by atoms with Crippen molar-refractivity contribution in [2.75, 3.05) is 0 Å². The van der Waals surface area contributed by atoms with Gasteiger partial charge in [-0.15, -0.1) is 5.11 Å². The van der Waals surface area contributed by atoms with E-state index in [1.54, 1.807) is 0 Å². The highest BCUT2D eigenvalue weighted by Crippen LogP contribution is 2.04. The van der Waals surface area contributed by atoms with Gasteiger partial charge in [0.05, 0.1) is 0 Å². The average Bonchev–Trinajstić information content (AvgIpc) is 2.27. The molecule has 4 N–H and O–H groups in total. The largest absolute Gasteiger partial charge is 0.304 e. The van der Waals surface area contributed by atoms with Crippen LogP contribution in [0.5, 0.6) is 0 Å². The molecule has 1 aliphatic rings. The maximum absolute atomic E-state index is 7.33. The van der Waals surface area contributed by atoms with Crippen molar-refractivity contribution in [1.82, 2.24) is 5.43 Å². The van der Waals surface area contributed by atoms with Crippen molar-refractivity contribution in [1.29, 1.82) is 5.41 Å². The highest BCUT2D eigenvalue weighted by atomic mass is 15.4. The van der Waals surface area contributed by atoms with Gasteiger partial charge in [-0.1, -0.05) is 0 Å². The lowest BCUT2D eigenvalue weighted by Crippen LogP contribution is -2.36. The summed E-state index contributed by atoms with van der Waals surface area (Å²) in [5.74, 6) is 0.0317. The van der Waals surface area contributed by atoms with Crippen molar-refractivity contribution in [3.63, 3.8) is 0 Å². The molecule has 1 aliphatic heterocycles. The van der Waals surface area contributed by atoms with E-state index >= 15 is 0 Å². The molecule has 0 saturated heterocycles. The summed E-state index contributed by atoms with van der Waals surface area (Å²) in [6, 6.07) is 0. The van der Waals surface area contributed by atoms with Crippen LogP contribution in [0.2, 0.25) is 0 Å². The summed E-state index contributed by atoms with van der Waals surface area (Å²) in [6.45, 7) is 5.90. The Hall–Kier alpha value is -1.30. The number of rotatable bonds is 1. The van der Waals surface area contributed by atoms with Crippen LogP contribution in [0.3, 0.4) is 0 Å². The number of hydrazone groups is 1. The van der Waals surface area contributed by atoms with Gasteiger partial charge in [0.15, 0.2) is 12.0 Å². The van der Waals surface area contributed by atoms with Gasteiger partial charge in [-0.05, 0) is 20.8 Å². The summed E-state index contributed by atoms with van der Waals surface area (Å²) in [7, 11) is 0. The van der Waals surface area contributed by atoms with E-state index in [1.165, 1.54) is 0 Å². The Kier molecular flexibility index (Phi) is 2.42. The molecular weight excluding hydrogens is 168 g/mol. The molecule has 1 heterocycles. The van der Waals surface area contributed by atoms with E-state index in [0.717, 1.165) is 0 Å². The smallest absolute Gasteiger partial charge is 0.194 e. The van der Waals surface area contributed by atoms with Crippen molar-refractivity contribution in [3.05, 3.63) is 0 Å². The lowest BCUT2D eigenvalue weighted by atomic mass is 10.1. The van der Waals surface area contributed by atoms with Gasteiger partial charge in [-0.2, -0.15) is 10.2 Å². The molecule has 0 spiro atoms. The number of hydrogen-bond acceptors (Lipinski definition) is 5. The molecule has 0 amide bonds. The van der Waals surface area contributed by atoms with Gasteiger partial charge in [0, 0.05) is 5.54 Å². The van der Waals surface area contributed by atoms with Crippen LogP contribution in [0.1, 0.15) is 20.8 Å². The van der Waals surface area contributed by atoms with Gasteiger partial charge in [-0.25, -0.2) is 0 Å². The van der Waals surface area contributed by atoms with E-state index in [0.29, 0.717) is 5.71 Å². The molecule has 72 valence electrons. The second-order valence-electron chi connectivity index (χ2n) is 3.87. The number of nitrogens with two attached hydrogens (primary N) is 1. The van der Waals surface area contributed by atoms with Crippen LogP contribution >= 0.6 is 0 Å². The summed E-state index contributed by atoms with van der Waals surface area (Å²) in [5, 5.41) is 18.4. The fraction of sp³-hybridized carbons (Fsp3) is 0.714. The zero-order valence-electron chi connectivity index (χ0n) is 8.00. The Morgan fingerprint density at radius 1 is 1.54 bits per heavy atom. The van der Waals surface area contributed by atoms with Crippen LogP contribution in [0.15, 0.2) is 15.3 Å². The second kappa shape index (κ2) is 3.21. The monoisotopic (exact) mass is 182 g/mol. The highest BCUT2D eigenvalue weighted by molar-refractivity contribution is 6.43. The third-order valence-electron chi connectivity index (χ3n) is 1.32. The predicted octanol–water partition coefficient (Wildman–Crippen LogP) is 0.458. The summed E-state index contributed by atoms with van der Waals surface area (Å²) in [5.41, 5.74) is 8.64. The normalized spacial score (nSPS) is 25.7. The molecule has 0 fully saturated rings. The molecule has 0 bridgehead atoms. The summed E-state index contributed by atoms with van der Waals surface area (Å²) in [6.07, 6.45) is -0.595. The number of amidine groups is 1. The van der Waals surface area contributed by atoms with Crippen LogP contribution in [0, 0.1) is 5.41 Å². The van der Waals surface area contributed by atoms with Crippen LogP contribution < -0.4 is 11.2 Å². The Bertz CT molecular complexity index is 271. The molecule has 6 nitrogen and oxygen atoms in total. The molecule has 0 radical (unpaired) electrons. The quantitative estimate of drug-likeness (QED) is 0.513. The molecule has 0 aliphatic carbocycles. The lowest BCUT2D eigenvalue weighted by molar-refractivity contribution is 0.440. The van der Waals surface area contributed by atoms with Crippen molar-refractivity contribution in [2.45, 2.75) is 32.5 Å². The third-order valence-corrected chi connectivity index (χ3v) is 1.32. The molecule has 6 heteroatoms. The van der Waals surface area contributed by atoms with Gasteiger partial charge in [0.2, 0.25) is 0 Å². The van der Waals surface area contributed by atoms with Crippen LogP contribution in [0.25, 0.3) is 0 Å². The minimum absolute atomic E-state index is 0.0317. The molecule has 0 aromatic carbocycles. The van der Waals surface area contributed by atoms with Crippen molar-refractivity contribution < 1.29 is 0 Å². The Balaban J connectivity index is 2.67. The standard InChI is InChI=1S/C7H14N6/c1-7(2,3)13-10-4-5(8)11-12-6(4)9/h5,9,13H,8H2,1-3H3/b9-6?,10-4-. The summed E-state index contributed by atoms with van der Waals surface area (Å²) >= 11 is 0. The molecule has 0 aromatic heterocycles. The molecule has 13 heavy (non-hydrogen) atoms. The van der Waals surface area contributed by atoms with Gasteiger partial charge in [0.1, 0.15) is 5.71 Å². The molecule has 0 saturated carbocycles. The molecule has 1 unspecified atom stereocenters. The zero-order valence-corrected chi connectivity index (χ0v) is 8.00. The van der Waals surface area contributed by atoms with E-state index in [9.17, 15) is 0 Å². The number of azo groups is 1. The first kappa shape index (κ1) is 9.79. The molecule has 1 rings (SSSR count). The lowest BCUT2D eigenvalue weighted by Gasteiger charge is -2.18. The second-order valence-corrected chi connectivity index (χ2v) is 3.87. The van der Waals surface area contributed by atoms with Crippen molar-refractivity contribution in [3.8, 4) is 0 Å². The van der Waals surface area contributed by atoms with Gasteiger partial charge in [0.25, 0.3) is 0 Å². The third kappa shape index (κ3) is 2.59. The van der Waals surface area contributed by atoms with E-state index in [-0.39, 0.29) is 11.4 Å². The predicted molar refractivity (Wildman–Crippen MR) is 50.9 cm³/mol. The summed E-state index contributed by atoms with van der Waals surface area (Å²) < 4.78 is 0. The Morgan fingerprint density at radius 2 is 2.15 bits per heavy atom. The molecule has 1 atom stereocenters. The fourth-order valence-corrected chi connectivity index (χ4v) is 0.713. The van der Waals surface area contributed by atoms with Crippen molar-refractivity contribution >= 4 is 11.5 Å². The Morgan fingerprint density at radius 3 is 2.54 bits per heavy atom. The fourth-order valence-electron chi connectivity index (χ4n) is 0.713. The Labute approximate surface area is 76.8 Å². The van der Waals surface area contributed by atoms with E-state index in [1.807, 2.05) is 20.8 Å². The van der Waals surface area contributed by atoms with Crippen LogP contribution in [-0.4, -0.2) is 23.3 Å². The maximum Gasteiger partial charge on any atom is 0.194 e. The minimum Gasteiger partial charge on any atom is -0.304 e. The summed E-state index contributed by atoms with van der Waals surface area (Å²) in [4.78, 5) is 0. The first-order chi connectivity index (χ1) is 5.90. The first-order valence-electron chi connectivity index (χ1n) is 4.00. The highest BCUT2D eigenvalue weighted by Gasteiger charge is 2.22.